The molecule has 0 unspecified atom stereocenters. The highest BCUT2D eigenvalue weighted by molar-refractivity contribution is 7.99. The van der Waals surface area contributed by atoms with Gasteiger partial charge < -0.3 is 0 Å². The number of rotatable bonds is 4. The van der Waals surface area contributed by atoms with E-state index < -0.39 is 14.9 Å². The SMILES string of the molecule is Cc1c(C)c(C)c(Sc2ccc(S(N)(=O)=O)cc2[N+](=O)[O-])c(C)c1C. The zero-order valence-electron chi connectivity index (χ0n) is 14.7. The fourth-order valence-electron chi connectivity index (χ4n) is 2.63. The van der Waals surface area contributed by atoms with Crippen LogP contribution in [0.25, 0.3) is 0 Å². The molecule has 0 bridgehead atoms. The molecule has 0 fully saturated rings. The first-order chi connectivity index (χ1) is 11.4. The molecule has 0 radical (unpaired) electrons. The Kier molecular flexibility index (Phi) is 5.27. The molecule has 0 aliphatic carbocycles. The Labute approximate surface area is 151 Å². The Morgan fingerprint density at radius 2 is 1.44 bits per heavy atom. The first-order valence-corrected chi connectivity index (χ1v) is 9.87. The summed E-state index contributed by atoms with van der Waals surface area (Å²) in [6.07, 6.45) is 0. The number of sulfonamides is 1. The Balaban J connectivity index is 2.65. The Hall–Kier alpha value is -1.90. The summed E-state index contributed by atoms with van der Waals surface area (Å²) in [5.41, 5.74) is 5.36. The minimum absolute atomic E-state index is 0.270. The van der Waals surface area contributed by atoms with Crippen molar-refractivity contribution in [3.8, 4) is 0 Å². The van der Waals surface area contributed by atoms with Gasteiger partial charge in [-0.25, -0.2) is 13.6 Å². The third kappa shape index (κ3) is 3.70. The molecule has 2 aromatic rings. The molecule has 8 heteroatoms. The summed E-state index contributed by atoms with van der Waals surface area (Å²) >= 11 is 1.27. The van der Waals surface area contributed by atoms with Crippen molar-refractivity contribution in [2.45, 2.75) is 49.3 Å². The van der Waals surface area contributed by atoms with E-state index in [0.717, 1.165) is 33.2 Å². The molecule has 0 aliphatic heterocycles. The number of nitrogens with zero attached hydrogens (tertiary/aromatic N) is 1. The zero-order chi connectivity index (χ0) is 19.1. The fraction of sp³-hybridized carbons (Fsp3) is 0.294. The summed E-state index contributed by atoms with van der Waals surface area (Å²) in [6.45, 7) is 10.1. The number of benzene rings is 2. The van der Waals surface area contributed by atoms with Crippen LogP contribution in [0, 0.1) is 44.7 Å². The standard InChI is InChI=1S/C17H20N2O4S2/c1-9-10(2)12(4)17(13(5)11(9)3)24-16-7-6-14(25(18,22)23)8-15(16)19(20)21/h6-8H,1-5H3,(H2,18,22,23). The first-order valence-electron chi connectivity index (χ1n) is 7.51. The molecule has 0 saturated heterocycles. The van der Waals surface area contributed by atoms with Gasteiger partial charge in [0.25, 0.3) is 5.69 Å². The van der Waals surface area contributed by atoms with Gasteiger partial charge in [-0.05, 0) is 74.6 Å². The van der Waals surface area contributed by atoms with Gasteiger partial charge in [-0.2, -0.15) is 0 Å². The molecular weight excluding hydrogens is 360 g/mol. The van der Waals surface area contributed by atoms with Gasteiger partial charge in [0.1, 0.15) is 0 Å². The van der Waals surface area contributed by atoms with E-state index >= 15 is 0 Å². The number of nitro benzene ring substituents is 1. The number of nitrogens with two attached hydrogens (primary N) is 1. The van der Waals surface area contributed by atoms with Gasteiger partial charge in [0.05, 0.1) is 14.7 Å². The van der Waals surface area contributed by atoms with Crippen molar-refractivity contribution in [2.75, 3.05) is 0 Å². The quantitative estimate of drug-likeness (QED) is 0.639. The number of primary sulfonamides is 1. The molecule has 0 aliphatic rings. The van der Waals surface area contributed by atoms with Crippen LogP contribution in [0.15, 0.2) is 32.9 Å². The van der Waals surface area contributed by atoms with E-state index in [9.17, 15) is 18.5 Å². The maximum absolute atomic E-state index is 11.5. The highest BCUT2D eigenvalue weighted by atomic mass is 32.2. The summed E-state index contributed by atoms with van der Waals surface area (Å²) in [5.74, 6) is 0. The van der Waals surface area contributed by atoms with Crippen LogP contribution in [-0.2, 0) is 10.0 Å². The summed E-state index contributed by atoms with van der Waals surface area (Å²) in [7, 11) is -4.00. The van der Waals surface area contributed by atoms with Gasteiger partial charge >= 0.3 is 0 Å². The van der Waals surface area contributed by atoms with Crippen molar-refractivity contribution >= 4 is 27.5 Å². The van der Waals surface area contributed by atoms with Crippen LogP contribution in [0.1, 0.15) is 27.8 Å². The molecule has 134 valence electrons. The molecule has 0 amide bonds. The Morgan fingerprint density at radius 3 is 1.88 bits per heavy atom. The summed E-state index contributed by atoms with van der Waals surface area (Å²) in [6, 6.07) is 3.74. The van der Waals surface area contributed by atoms with E-state index in [1.807, 2.05) is 27.7 Å². The zero-order valence-corrected chi connectivity index (χ0v) is 16.3. The minimum atomic E-state index is -4.00. The largest absolute Gasteiger partial charge is 0.284 e. The smallest absolute Gasteiger partial charge is 0.258 e. The lowest BCUT2D eigenvalue weighted by molar-refractivity contribution is -0.388. The number of hydrogen-bond acceptors (Lipinski definition) is 5. The van der Waals surface area contributed by atoms with E-state index in [0.29, 0.717) is 4.90 Å². The van der Waals surface area contributed by atoms with E-state index in [4.69, 9.17) is 5.14 Å². The van der Waals surface area contributed by atoms with Crippen molar-refractivity contribution in [3.63, 3.8) is 0 Å². The van der Waals surface area contributed by atoms with Crippen molar-refractivity contribution in [1.82, 2.24) is 0 Å². The maximum Gasteiger partial charge on any atom is 0.284 e. The van der Waals surface area contributed by atoms with Gasteiger partial charge in [0.2, 0.25) is 10.0 Å². The number of nitro groups is 1. The maximum atomic E-state index is 11.5. The fourth-order valence-corrected chi connectivity index (χ4v) is 4.37. The Morgan fingerprint density at radius 1 is 0.960 bits per heavy atom. The second-order valence-corrected chi connectivity index (χ2v) is 8.60. The summed E-state index contributed by atoms with van der Waals surface area (Å²) in [4.78, 5) is 11.9. The van der Waals surface area contributed by atoms with Crippen molar-refractivity contribution in [2.24, 2.45) is 5.14 Å². The third-order valence-corrected chi connectivity index (χ3v) is 6.89. The van der Waals surface area contributed by atoms with Gasteiger partial charge in [-0.15, -0.1) is 0 Å². The predicted molar refractivity (Wildman–Crippen MR) is 98.7 cm³/mol. The summed E-state index contributed by atoms with van der Waals surface area (Å²) < 4.78 is 22.9. The molecule has 0 saturated carbocycles. The van der Waals surface area contributed by atoms with Gasteiger partial charge in [0.15, 0.2) is 0 Å². The average Bonchev–Trinajstić information content (AvgIpc) is 2.54. The normalized spacial score (nSPS) is 11.6. The third-order valence-electron chi connectivity index (χ3n) is 4.60. The molecule has 6 nitrogen and oxygen atoms in total. The molecule has 0 atom stereocenters. The van der Waals surface area contributed by atoms with E-state index in [1.165, 1.54) is 29.5 Å². The van der Waals surface area contributed by atoms with Crippen LogP contribution in [0.3, 0.4) is 0 Å². The molecule has 0 heterocycles. The van der Waals surface area contributed by atoms with Gasteiger partial charge in [-0.1, -0.05) is 11.8 Å². The van der Waals surface area contributed by atoms with Crippen molar-refractivity contribution in [1.29, 1.82) is 0 Å². The van der Waals surface area contributed by atoms with Gasteiger partial charge in [-0.3, -0.25) is 10.1 Å². The average molecular weight is 380 g/mol. The van der Waals surface area contributed by atoms with Crippen LogP contribution < -0.4 is 5.14 Å². The predicted octanol–water partition coefficient (Wildman–Crippen LogP) is 3.94. The highest BCUT2D eigenvalue weighted by Crippen LogP contribution is 2.41. The van der Waals surface area contributed by atoms with Crippen molar-refractivity contribution < 1.29 is 13.3 Å². The summed E-state index contributed by atoms with van der Waals surface area (Å²) in [5, 5.41) is 16.5. The first kappa shape index (κ1) is 19.4. The van der Waals surface area contributed by atoms with E-state index in [-0.39, 0.29) is 10.6 Å². The Bertz CT molecular complexity index is 954. The van der Waals surface area contributed by atoms with Gasteiger partial charge in [0, 0.05) is 11.0 Å². The van der Waals surface area contributed by atoms with E-state index in [2.05, 4.69) is 6.92 Å². The van der Waals surface area contributed by atoms with Crippen LogP contribution in [0.2, 0.25) is 0 Å². The molecule has 2 aromatic carbocycles. The van der Waals surface area contributed by atoms with Crippen molar-refractivity contribution in [3.05, 3.63) is 56.1 Å². The second-order valence-electron chi connectivity index (χ2n) is 5.99. The molecular formula is C17H20N2O4S2. The van der Waals surface area contributed by atoms with Crippen LogP contribution in [0.4, 0.5) is 5.69 Å². The molecule has 2 N–H and O–H groups in total. The number of hydrogen-bond donors (Lipinski definition) is 1. The lowest BCUT2D eigenvalue weighted by Crippen LogP contribution is -2.12. The molecule has 0 spiro atoms. The van der Waals surface area contributed by atoms with Crippen LogP contribution in [-0.4, -0.2) is 13.3 Å². The lowest BCUT2D eigenvalue weighted by atomic mass is 9.95. The molecule has 0 aromatic heterocycles. The monoisotopic (exact) mass is 380 g/mol. The topological polar surface area (TPSA) is 103 Å². The highest BCUT2D eigenvalue weighted by Gasteiger charge is 2.22. The minimum Gasteiger partial charge on any atom is -0.258 e. The van der Waals surface area contributed by atoms with E-state index in [1.54, 1.807) is 0 Å². The van der Waals surface area contributed by atoms with Crippen LogP contribution >= 0.6 is 11.8 Å². The molecule has 25 heavy (non-hydrogen) atoms. The lowest BCUT2D eigenvalue weighted by Gasteiger charge is -2.18. The second kappa shape index (κ2) is 6.78. The molecule has 2 rings (SSSR count). The van der Waals surface area contributed by atoms with Crippen LogP contribution in [0.5, 0.6) is 0 Å².